The molecular weight excluding hydrogens is 640 g/mol. The van der Waals surface area contributed by atoms with Gasteiger partial charge in [0.05, 0.1) is 5.69 Å². The Hall–Kier alpha value is -3.40. The van der Waals surface area contributed by atoms with E-state index in [-0.39, 0.29) is 37.6 Å². The van der Waals surface area contributed by atoms with Gasteiger partial charge in [-0.25, -0.2) is 4.39 Å². The van der Waals surface area contributed by atoms with Gasteiger partial charge in [0, 0.05) is 40.8 Å². The normalized spacial score (nSPS) is 11.7. The van der Waals surface area contributed by atoms with Gasteiger partial charge in [-0.1, -0.05) is 52.0 Å². The number of phenols is 1. The molecule has 5 aromatic rings. The van der Waals surface area contributed by atoms with Crippen molar-refractivity contribution in [2.24, 2.45) is 5.92 Å². The number of benzene rings is 3. The first-order valence-corrected chi connectivity index (χ1v) is 11.9. The fourth-order valence-corrected chi connectivity index (χ4v) is 4.07. The average molecular weight is 672 g/mol. The van der Waals surface area contributed by atoms with Crippen LogP contribution in [0.5, 0.6) is 5.75 Å². The number of aryl methyl sites for hydroxylation is 2. The quantitative estimate of drug-likeness (QED) is 0.197. The fraction of sp³-hybridized carbons (Fsp3) is 0.188. The number of aromatic hydroxyl groups is 1. The summed E-state index contributed by atoms with van der Waals surface area (Å²) in [6, 6.07) is 24.4. The number of aromatic nitrogens is 2. The number of pyridine rings is 2. The van der Waals surface area contributed by atoms with E-state index < -0.39 is 6.37 Å². The molecule has 1 N–H and O–H groups in total. The van der Waals surface area contributed by atoms with Crippen LogP contribution >= 0.6 is 0 Å². The van der Waals surface area contributed by atoms with Crippen molar-refractivity contribution in [3.8, 4) is 28.3 Å². The molecule has 2 heterocycles. The summed E-state index contributed by atoms with van der Waals surface area (Å²) in [6.45, 7) is 7.93. The van der Waals surface area contributed by atoms with Crippen LogP contribution in [0.15, 0.2) is 85.2 Å². The Labute approximate surface area is 234 Å². The van der Waals surface area contributed by atoms with E-state index in [9.17, 15) is 9.50 Å². The summed E-state index contributed by atoms with van der Waals surface area (Å²) < 4.78 is 29.5. The Morgan fingerprint density at radius 1 is 0.946 bits per heavy atom. The van der Waals surface area contributed by atoms with Gasteiger partial charge in [0.25, 0.3) is 0 Å². The Morgan fingerprint density at radius 2 is 1.76 bits per heavy atom. The maximum atomic E-state index is 12.9. The predicted molar refractivity (Wildman–Crippen MR) is 145 cm³/mol. The second-order valence-corrected chi connectivity index (χ2v) is 9.03. The van der Waals surface area contributed by atoms with Crippen molar-refractivity contribution in [3.63, 3.8) is 0 Å². The molecule has 5 heteroatoms. The minimum atomic E-state index is -1.34. The molecule has 0 amide bonds. The van der Waals surface area contributed by atoms with Crippen LogP contribution in [0.3, 0.4) is 0 Å². The zero-order valence-electron chi connectivity index (χ0n) is 23.2. The van der Waals surface area contributed by atoms with Gasteiger partial charge >= 0.3 is 0 Å². The van der Waals surface area contributed by atoms with Crippen LogP contribution in [0, 0.1) is 31.6 Å². The summed E-state index contributed by atoms with van der Waals surface area (Å²) in [4.78, 5) is 8.59. The zero-order chi connectivity index (χ0) is 27.4. The molecule has 3 nitrogen and oxygen atoms in total. The van der Waals surface area contributed by atoms with Gasteiger partial charge in [-0.05, 0) is 70.7 Å². The summed E-state index contributed by atoms with van der Waals surface area (Å²) >= 11 is 0. The largest absolute Gasteiger partial charge is 0.507 e. The molecule has 0 atom stereocenters. The molecule has 0 spiro atoms. The van der Waals surface area contributed by atoms with Crippen LogP contribution in [-0.2, 0) is 26.5 Å². The molecule has 0 aliphatic rings. The molecule has 5 rings (SSSR count). The third-order valence-electron chi connectivity index (χ3n) is 5.52. The number of nitrogens with zero attached hydrogens (tertiary/aromatic N) is 2. The first kappa shape index (κ1) is 25.3. The van der Waals surface area contributed by atoms with Gasteiger partial charge < -0.3 is 10.1 Å². The summed E-state index contributed by atoms with van der Waals surface area (Å²) in [7, 11) is 0. The number of hydrogen-bond acceptors (Lipinski definition) is 3. The van der Waals surface area contributed by atoms with E-state index in [1.54, 1.807) is 30.6 Å². The number of halogens is 1. The molecule has 0 bridgehead atoms. The second kappa shape index (κ2) is 12.7. The van der Waals surface area contributed by atoms with Gasteiger partial charge in [0.15, 0.2) is 0 Å². The van der Waals surface area contributed by atoms with E-state index in [4.69, 9.17) is 2.74 Å². The molecule has 0 aliphatic carbocycles. The van der Waals surface area contributed by atoms with E-state index in [0.717, 1.165) is 27.6 Å². The number of rotatable bonds is 4. The maximum Gasteiger partial charge on any atom is 0.125 e. The third-order valence-corrected chi connectivity index (χ3v) is 5.52. The molecule has 1 radical (unpaired) electrons. The fourth-order valence-electron chi connectivity index (χ4n) is 4.07. The van der Waals surface area contributed by atoms with Crippen molar-refractivity contribution >= 4 is 10.8 Å². The SMILES string of the molecule is Oc1ccc(F)cc1-c1ccccn1.[2H]C([2H])(c1ccc2c(-c3[c-]c(C)cc(C)c3)nccc2c1)C(C)C.[Ir]. The standard InChI is InChI=1S/C21H22N.C11H8FNO.Ir/c1-14(2)9-17-5-6-20-18(13-17)7-8-22-21(20)19-11-15(3)10-16(4)12-19;12-8-4-5-11(14)9(7-8)10-3-1-2-6-13-10;/h5-8,10-11,13-14H,9H2,1-4H3;1-7,14H;/q-1;;/i9D2;;. The third kappa shape index (κ3) is 7.31. The molecule has 0 aliphatic heterocycles. The zero-order valence-corrected chi connectivity index (χ0v) is 23.6. The molecule has 0 saturated heterocycles. The van der Waals surface area contributed by atoms with E-state index >= 15 is 0 Å². The molecule has 3 aromatic carbocycles. The van der Waals surface area contributed by atoms with Gasteiger partial charge in [-0.2, -0.15) is 0 Å². The number of fused-ring (bicyclic) bond motifs is 1. The van der Waals surface area contributed by atoms with E-state index in [1.165, 1.54) is 23.8 Å². The van der Waals surface area contributed by atoms with Crippen LogP contribution in [0.25, 0.3) is 33.3 Å². The van der Waals surface area contributed by atoms with Crippen LogP contribution < -0.4 is 0 Å². The van der Waals surface area contributed by atoms with E-state index in [0.29, 0.717) is 16.8 Å². The van der Waals surface area contributed by atoms with Crippen molar-refractivity contribution in [1.29, 1.82) is 0 Å². The molecule has 0 unspecified atom stereocenters. The molecule has 2 aromatic heterocycles. The van der Waals surface area contributed by atoms with Crippen molar-refractivity contribution in [1.82, 2.24) is 9.97 Å². The van der Waals surface area contributed by atoms with E-state index in [2.05, 4.69) is 35.1 Å². The van der Waals surface area contributed by atoms with Crippen molar-refractivity contribution < 1.29 is 32.3 Å². The second-order valence-electron chi connectivity index (χ2n) is 9.03. The minimum absolute atomic E-state index is 0. The molecule has 37 heavy (non-hydrogen) atoms. The number of hydrogen-bond donors (Lipinski definition) is 1. The topological polar surface area (TPSA) is 46.0 Å². The molecule has 191 valence electrons. The Bertz CT molecular complexity index is 1560. The van der Waals surface area contributed by atoms with Gasteiger partial charge in [0.2, 0.25) is 0 Å². The first-order valence-electron chi connectivity index (χ1n) is 12.9. The van der Waals surface area contributed by atoms with Crippen LogP contribution in [0.4, 0.5) is 4.39 Å². The summed E-state index contributed by atoms with van der Waals surface area (Å²) in [6.07, 6.45) is 2.04. The maximum absolute atomic E-state index is 12.9. The Kier molecular flexibility index (Phi) is 8.68. The van der Waals surface area contributed by atoms with Gasteiger partial charge in [0.1, 0.15) is 11.6 Å². The Morgan fingerprint density at radius 3 is 2.46 bits per heavy atom. The monoisotopic (exact) mass is 672 g/mol. The summed E-state index contributed by atoms with van der Waals surface area (Å²) in [5.41, 5.74) is 5.85. The van der Waals surface area contributed by atoms with Crippen LogP contribution in [-0.4, -0.2) is 15.1 Å². The minimum Gasteiger partial charge on any atom is -0.507 e. The number of phenolic OH excluding ortho intramolecular Hbond substituents is 1. The molecule has 0 saturated carbocycles. The smallest absolute Gasteiger partial charge is 0.125 e. The van der Waals surface area contributed by atoms with Gasteiger partial charge in [-0.3, -0.25) is 4.98 Å². The predicted octanol–water partition coefficient (Wildman–Crippen LogP) is 8.11. The molecule has 0 fully saturated rings. The van der Waals surface area contributed by atoms with Crippen LogP contribution in [0.1, 0.15) is 33.3 Å². The summed E-state index contributed by atoms with van der Waals surface area (Å²) in [5, 5.41) is 11.5. The van der Waals surface area contributed by atoms with Crippen LogP contribution in [0.2, 0.25) is 0 Å². The van der Waals surface area contributed by atoms with Gasteiger partial charge in [-0.15, -0.1) is 34.9 Å². The average Bonchev–Trinajstić information content (AvgIpc) is 2.89. The summed E-state index contributed by atoms with van der Waals surface area (Å²) in [5.74, 6) is -0.433. The van der Waals surface area contributed by atoms with Crippen molar-refractivity contribution in [3.05, 3.63) is 114 Å². The van der Waals surface area contributed by atoms with Crippen molar-refractivity contribution in [2.75, 3.05) is 0 Å². The Balaban J connectivity index is 0.000000239. The van der Waals surface area contributed by atoms with Crippen molar-refractivity contribution in [2.45, 2.75) is 34.1 Å². The first-order chi connectivity index (χ1) is 18.1. The molecular formula is C32H30FIrN2O-. The van der Waals surface area contributed by atoms with E-state index in [1.807, 2.05) is 45.0 Å².